The summed E-state index contributed by atoms with van der Waals surface area (Å²) >= 11 is 6.24. The molecule has 2 aromatic carbocycles. The Morgan fingerprint density at radius 3 is 2.63 bits per heavy atom. The maximum absolute atomic E-state index is 13.6. The smallest absolute Gasteiger partial charge is 0.227 e. The van der Waals surface area contributed by atoms with E-state index in [1.54, 1.807) is 0 Å². The second-order valence-corrected chi connectivity index (χ2v) is 8.82. The van der Waals surface area contributed by atoms with Gasteiger partial charge >= 0.3 is 0 Å². The molecule has 2 heterocycles. The quantitative estimate of drug-likeness (QED) is 0.839. The topological polar surface area (TPSA) is 32.3 Å². The first-order chi connectivity index (χ1) is 13.2. The van der Waals surface area contributed by atoms with E-state index < -0.39 is 0 Å². The minimum Gasteiger partial charge on any atom is -0.331 e. The fourth-order valence-electron chi connectivity index (χ4n) is 5.13. The van der Waals surface area contributed by atoms with Gasteiger partial charge in [-0.1, -0.05) is 48.0 Å². The van der Waals surface area contributed by atoms with Crippen molar-refractivity contribution in [1.82, 2.24) is 10.2 Å². The number of piperidine rings is 1. The van der Waals surface area contributed by atoms with Gasteiger partial charge in [0, 0.05) is 17.5 Å². The molecule has 5 rings (SSSR count). The summed E-state index contributed by atoms with van der Waals surface area (Å²) in [5.74, 6) is 0.544. The van der Waals surface area contributed by atoms with E-state index in [1.807, 2.05) is 18.2 Å². The number of rotatable bonds is 2. The van der Waals surface area contributed by atoms with Crippen LogP contribution in [0.4, 0.5) is 0 Å². The molecule has 1 amide bonds. The van der Waals surface area contributed by atoms with Gasteiger partial charge in [0.2, 0.25) is 5.91 Å². The van der Waals surface area contributed by atoms with Gasteiger partial charge < -0.3 is 10.2 Å². The van der Waals surface area contributed by atoms with E-state index in [9.17, 15) is 4.79 Å². The van der Waals surface area contributed by atoms with E-state index in [-0.39, 0.29) is 17.4 Å². The van der Waals surface area contributed by atoms with Crippen LogP contribution in [0.15, 0.2) is 48.5 Å². The lowest BCUT2D eigenvalue weighted by Crippen LogP contribution is -2.41. The van der Waals surface area contributed by atoms with Crippen molar-refractivity contribution in [3.8, 4) is 0 Å². The zero-order chi connectivity index (χ0) is 18.4. The fraction of sp³-hybridized carbons (Fsp3) is 0.435. The summed E-state index contributed by atoms with van der Waals surface area (Å²) in [4.78, 5) is 15.7. The summed E-state index contributed by atoms with van der Waals surface area (Å²) in [5, 5.41) is 4.18. The number of nitrogens with zero attached hydrogens (tertiary/aromatic N) is 1. The summed E-state index contributed by atoms with van der Waals surface area (Å²) < 4.78 is 0. The van der Waals surface area contributed by atoms with E-state index in [0.29, 0.717) is 12.5 Å². The molecule has 2 aromatic rings. The van der Waals surface area contributed by atoms with Gasteiger partial charge in [0.05, 0.1) is 6.04 Å². The first kappa shape index (κ1) is 17.3. The summed E-state index contributed by atoms with van der Waals surface area (Å²) in [6.45, 7) is 2.76. The third-order valence-corrected chi connectivity index (χ3v) is 7.09. The normalized spacial score (nSPS) is 25.9. The van der Waals surface area contributed by atoms with Crippen molar-refractivity contribution in [3.05, 3.63) is 70.2 Å². The number of carbonyl (C=O) groups is 1. The number of halogens is 1. The summed E-state index contributed by atoms with van der Waals surface area (Å²) in [5.41, 5.74) is 4.00. The summed E-state index contributed by atoms with van der Waals surface area (Å²) in [6.07, 6.45) is 4.20. The molecule has 1 saturated heterocycles. The molecule has 140 valence electrons. The van der Waals surface area contributed by atoms with Crippen LogP contribution < -0.4 is 5.32 Å². The first-order valence-corrected chi connectivity index (χ1v) is 10.4. The van der Waals surface area contributed by atoms with Crippen molar-refractivity contribution in [3.63, 3.8) is 0 Å². The number of nitrogens with one attached hydrogen (secondary N) is 1. The highest BCUT2D eigenvalue weighted by atomic mass is 35.5. The fourth-order valence-corrected chi connectivity index (χ4v) is 5.33. The predicted octanol–water partition coefficient (Wildman–Crippen LogP) is 4.36. The zero-order valence-electron chi connectivity index (χ0n) is 15.5. The van der Waals surface area contributed by atoms with Crippen molar-refractivity contribution in [2.75, 3.05) is 13.1 Å². The lowest BCUT2D eigenvalue weighted by Gasteiger charge is -2.38. The Hall–Kier alpha value is -1.84. The first-order valence-electron chi connectivity index (χ1n) is 10.00. The lowest BCUT2D eigenvalue weighted by molar-refractivity contribution is -0.137. The Balaban J connectivity index is 1.47. The Morgan fingerprint density at radius 2 is 1.85 bits per heavy atom. The van der Waals surface area contributed by atoms with Crippen molar-refractivity contribution in [2.24, 2.45) is 11.3 Å². The van der Waals surface area contributed by atoms with Crippen LogP contribution in [0.5, 0.6) is 0 Å². The Kier molecular flexibility index (Phi) is 4.25. The van der Waals surface area contributed by atoms with Crippen LogP contribution in [0.25, 0.3) is 0 Å². The number of carbonyl (C=O) groups excluding carboxylic acids is 1. The van der Waals surface area contributed by atoms with Crippen molar-refractivity contribution < 1.29 is 4.79 Å². The molecule has 1 saturated carbocycles. The molecule has 2 atom stereocenters. The van der Waals surface area contributed by atoms with Crippen LogP contribution in [0.1, 0.15) is 42.0 Å². The van der Waals surface area contributed by atoms with E-state index in [4.69, 9.17) is 11.6 Å². The second-order valence-electron chi connectivity index (χ2n) is 8.38. The maximum atomic E-state index is 13.6. The van der Waals surface area contributed by atoms with Gasteiger partial charge in [0.25, 0.3) is 0 Å². The van der Waals surface area contributed by atoms with Crippen molar-refractivity contribution in [2.45, 2.75) is 38.3 Å². The Bertz CT molecular complexity index is 860. The third-order valence-electron chi connectivity index (χ3n) is 6.85. The molecule has 1 spiro atoms. The van der Waals surface area contributed by atoms with Gasteiger partial charge in [-0.25, -0.2) is 0 Å². The average Bonchev–Trinajstić information content (AvgIpc) is 3.40. The Morgan fingerprint density at radius 1 is 1.07 bits per heavy atom. The van der Waals surface area contributed by atoms with Gasteiger partial charge in [-0.15, -0.1) is 0 Å². The molecule has 2 fully saturated rings. The maximum Gasteiger partial charge on any atom is 0.227 e. The molecule has 1 aliphatic carbocycles. The predicted molar refractivity (Wildman–Crippen MR) is 108 cm³/mol. The van der Waals surface area contributed by atoms with Gasteiger partial charge in [-0.05, 0) is 73.0 Å². The molecule has 0 radical (unpaired) electrons. The average molecular weight is 381 g/mol. The number of hydrogen-bond donors (Lipinski definition) is 1. The molecule has 4 heteroatoms. The number of hydrogen-bond acceptors (Lipinski definition) is 2. The lowest BCUT2D eigenvalue weighted by atomic mass is 9.88. The molecule has 0 aromatic heterocycles. The monoisotopic (exact) mass is 380 g/mol. The molecule has 3 nitrogen and oxygen atoms in total. The summed E-state index contributed by atoms with van der Waals surface area (Å²) in [6, 6.07) is 16.7. The number of fused-ring (bicyclic) bond motifs is 1. The van der Waals surface area contributed by atoms with Crippen molar-refractivity contribution in [1.29, 1.82) is 0 Å². The SMILES string of the molecule is O=C(C1CC12CCNCC2)N1Cc2cc(Cl)ccc2CC1c1ccccc1. The Labute approximate surface area is 165 Å². The molecule has 2 aliphatic heterocycles. The largest absolute Gasteiger partial charge is 0.331 e. The number of amides is 1. The highest BCUT2D eigenvalue weighted by molar-refractivity contribution is 6.30. The van der Waals surface area contributed by atoms with Gasteiger partial charge in [-0.3, -0.25) is 4.79 Å². The minimum absolute atomic E-state index is 0.117. The van der Waals surface area contributed by atoms with Crippen LogP contribution in [-0.2, 0) is 17.8 Å². The van der Waals surface area contributed by atoms with Gasteiger partial charge in [0.15, 0.2) is 0 Å². The van der Waals surface area contributed by atoms with Crippen molar-refractivity contribution >= 4 is 17.5 Å². The second kappa shape index (κ2) is 6.65. The molecule has 2 unspecified atom stereocenters. The molecule has 3 aliphatic rings. The van der Waals surface area contributed by atoms with E-state index >= 15 is 0 Å². The minimum atomic E-state index is 0.117. The van der Waals surface area contributed by atoms with Crippen LogP contribution in [-0.4, -0.2) is 23.9 Å². The molecular formula is C23H25ClN2O. The van der Waals surface area contributed by atoms with E-state index in [1.165, 1.54) is 16.7 Å². The standard InChI is InChI=1S/C23H25ClN2O/c24-19-7-6-17-13-21(16-4-2-1-3-5-16)26(15-18(17)12-19)22(27)20-14-23(20)8-10-25-11-9-23/h1-7,12,20-21,25H,8-11,13-15H2. The van der Waals surface area contributed by atoms with Crippen LogP contribution in [0.2, 0.25) is 5.02 Å². The van der Waals surface area contributed by atoms with Crippen LogP contribution in [0.3, 0.4) is 0 Å². The molecular weight excluding hydrogens is 356 g/mol. The molecule has 27 heavy (non-hydrogen) atoms. The summed E-state index contributed by atoms with van der Waals surface area (Å²) in [7, 11) is 0. The molecule has 0 bridgehead atoms. The third kappa shape index (κ3) is 3.07. The van der Waals surface area contributed by atoms with Gasteiger partial charge in [0.1, 0.15) is 0 Å². The number of benzene rings is 2. The van der Waals surface area contributed by atoms with Gasteiger partial charge in [-0.2, -0.15) is 0 Å². The molecule has 1 N–H and O–H groups in total. The zero-order valence-corrected chi connectivity index (χ0v) is 16.2. The van der Waals surface area contributed by atoms with Crippen LogP contribution >= 0.6 is 11.6 Å². The van der Waals surface area contributed by atoms with E-state index in [2.05, 4.69) is 40.5 Å². The van der Waals surface area contributed by atoms with E-state index in [0.717, 1.165) is 43.8 Å². The highest BCUT2D eigenvalue weighted by Crippen LogP contribution is 2.60. The highest BCUT2D eigenvalue weighted by Gasteiger charge is 2.59. The van der Waals surface area contributed by atoms with Crippen LogP contribution in [0, 0.1) is 11.3 Å².